The average molecular weight is 522 g/mol. The molecule has 1 aliphatic heterocycles. The van der Waals surface area contributed by atoms with Crippen molar-refractivity contribution < 1.29 is 18.7 Å². The van der Waals surface area contributed by atoms with Gasteiger partial charge < -0.3 is 14.4 Å². The Morgan fingerprint density at radius 3 is 2.65 bits per heavy atom. The van der Waals surface area contributed by atoms with Crippen LogP contribution < -0.4 is 10.3 Å². The van der Waals surface area contributed by atoms with Crippen LogP contribution in [0, 0.1) is 5.82 Å². The summed E-state index contributed by atoms with van der Waals surface area (Å²) in [6.07, 6.45) is 4.10. The van der Waals surface area contributed by atoms with Crippen LogP contribution in [0.2, 0.25) is 0 Å². The number of rotatable bonds is 4. The Balaban J connectivity index is 1.31. The monoisotopic (exact) mass is 521 g/mol. The van der Waals surface area contributed by atoms with Crippen LogP contribution in [-0.2, 0) is 24.2 Å². The zero-order valence-electron chi connectivity index (χ0n) is 21.0. The van der Waals surface area contributed by atoms with Gasteiger partial charge in [0.15, 0.2) is 0 Å². The molecule has 9 heteroatoms. The lowest BCUT2D eigenvalue weighted by Crippen LogP contribution is -2.38. The first kappa shape index (κ1) is 25.0. The molecular formula is C28H28FN3O4S. The molecule has 1 aliphatic rings. The molecule has 4 heterocycles. The van der Waals surface area contributed by atoms with E-state index in [2.05, 4.69) is 11.1 Å². The number of fused-ring (bicyclic) bond motifs is 3. The Morgan fingerprint density at radius 2 is 1.92 bits per heavy atom. The summed E-state index contributed by atoms with van der Waals surface area (Å²) in [5.74, 6) is 0.0130. The minimum atomic E-state index is -0.514. The number of carbonyl (C=O) groups is 1. The summed E-state index contributed by atoms with van der Waals surface area (Å²) in [4.78, 5) is 32.4. The van der Waals surface area contributed by atoms with Crippen LogP contribution in [0.3, 0.4) is 0 Å². The largest absolute Gasteiger partial charge is 0.487 e. The van der Waals surface area contributed by atoms with Crippen molar-refractivity contribution >= 4 is 27.5 Å². The predicted octanol–water partition coefficient (Wildman–Crippen LogP) is 5.50. The van der Waals surface area contributed by atoms with Gasteiger partial charge in [-0.1, -0.05) is 6.07 Å². The number of halogens is 1. The summed E-state index contributed by atoms with van der Waals surface area (Å²) in [6, 6.07) is 12.1. The number of aromatic nitrogens is 2. The number of thiophene rings is 1. The number of pyridine rings is 2. The summed E-state index contributed by atoms with van der Waals surface area (Å²) < 4.78 is 26.9. The van der Waals surface area contributed by atoms with Crippen molar-refractivity contribution in [2.75, 3.05) is 13.1 Å². The third kappa shape index (κ3) is 5.67. The number of nitrogens with zero attached hydrogens (tertiary/aromatic N) is 3. The summed E-state index contributed by atoms with van der Waals surface area (Å²) in [5, 5.41) is 1.16. The molecule has 4 aromatic rings. The topological polar surface area (TPSA) is 73.7 Å². The normalized spacial score (nSPS) is 13.8. The third-order valence-corrected chi connectivity index (χ3v) is 7.35. The summed E-state index contributed by atoms with van der Waals surface area (Å²) in [7, 11) is 0. The van der Waals surface area contributed by atoms with Crippen molar-refractivity contribution in [3.8, 4) is 11.4 Å². The van der Waals surface area contributed by atoms with E-state index in [4.69, 9.17) is 9.47 Å². The minimum Gasteiger partial charge on any atom is -0.487 e. The molecule has 0 radical (unpaired) electrons. The second-order valence-corrected chi connectivity index (χ2v) is 11.1. The van der Waals surface area contributed by atoms with E-state index in [9.17, 15) is 14.0 Å². The Morgan fingerprint density at radius 1 is 1.11 bits per heavy atom. The zero-order chi connectivity index (χ0) is 26.2. The van der Waals surface area contributed by atoms with Gasteiger partial charge in [-0.2, -0.15) is 0 Å². The van der Waals surface area contributed by atoms with Gasteiger partial charge in [-0.15, -0.1) is 11.3 Å². The van der Waals surface area contributed by atoms with Gasteiger partial charge in [0.1, 0.15) is 23.8 Å². The van der Waals surface area contributed by atoms with Crippen molar-refractivity contribution in [3.63, 3.8) is 0 Å². The Labute approximate surface area is 218 Å². The van der Waals surface area contributed by atoms with E-state index >= 15 is 0 Å². The molecule has 37 heavy (non-hydrogen) atoms. The van der Waals surface area contributed by atoms with E-state index in [0.717, 1.165) is 34.8 Å². The van der Waals surface area contributed by atoms with Crippen LogP contribution in [0.15, 0.2) is 59.7 Å². The highest BCUT2D eigenvalue weighted by molar-refractivity contribution is 7.19. The number of carbonyl (C=O) groups excluding carboxylic acids is 1. The second kappa shape index (κ2) is 9.97. The molecule has 0 unspecified atom stereocenters. The van der Waals surface area contributed by atoms with Gasteiger partial charge >= 0.3 is 6.09 Å². The Kier molecular flexibility index (Phi) is 6.72. The van der Waals surface area contributed by atoms with Gasteiger partial charge in [0.2, 0.25) is 0 Å². The van der Waals surface area contributed by atoms with E-state index in [-0.39, 0.29) is 18.3 Å². The fourth-order valence-electron chi connectivity index (χ4n) is 4.33. The van der Waals surface area contributed by atoms with Crippen LogP contribution in [0.25, 0.3) is 15.8 Å². The van der Waals surface area contributed by atoms with Crippen LogP contribution in [0.4, 0.5) is 9.18 Å². The lowest BCUT2D eigenvalue weighted by molar-refractivity contribution is 0.0259. The average Bonchev–Trinajstić information content (AvgIpc) is 3.05. The molecule has 0 saturated heterocycles. The standard InChI is InChI=1S/C28H28FN3O4S/c1-28(2,3)36-27(34)31-11-9-23-22-7-6-20(14-25(22)37-24(23)10-12-31)32-13-8-21(15-26(32)33)35-17-19-5-4-18(29)16-30-19/h4-8,13-16H,9-12,17H2,1-3H3. The fourth-order valence-corrected chi connectivity index (χ4v) is 5.61. The lowest BCUT2D eigenvalue weighted by Gasteiger charge is -2.26. The first-order valence-electron chi connectivity index (χ1n) is 12.1. The summed E-state index contributed by atoms with van der Waals surface area (Å²) >= 11 is 1.71. The van der Waals surface area contributed by atoms with E-state index in [0.29, 0.717) is 24.5 Å². The maximum Gasteiger partial charge on any atom is 0.410 e. The molecule has 0 fully saturated rings. The highest BCUT2D eigenvalue weighted by Crippen LogP contribution is 2.35. The van der Waals surface area contributed by atoms with E-state index in [1.165, 1.54) is 22.6 Å². The summed E-state index contributed by atoms with van der Waals surface area (Å²) in [5.41, 5.74) is 1.89. The van der Waals surface area contributed by atoms with Gasteiger partial charge in [-0.05, 0) is 74.9 Å². The number of hydrogen-bond donors (Lipinski definition) is 0. The quantitative estimate of drug-likeness (QED) is 0.355. The Bertz CT molecular complexity index is 1500. The minimum absolute atomic E-state index is 0.141. The maximum atomic E-state index is 13.0. The van der Waals surface area contributed by atoms with Crippen LogP contribution in [0.5, 0.6) is 5.75 Å². The smallest absolute Gasteiger partial charge is 0.410 e. The predicted molar refractivity (Wildman–Crippen MR) is 141 cm³/mol. The maximum absolute atomic E-state index is 13.0. The van der Waals surface area contributed by atoms with Crippen LogP contribution >= 0.6 is 11.3 Å². The van der Waals surface area contributed by atoms with Gasteiger partial charge in [-0.25, -0.2) is 9.18 Å². The summed E-state index contributed by atoms with van der Waals surface area (Å²) in [6.45, 7) is 7.01. The Hall–Kier alpha value is -3.72. The van der Waals surface area contributed by atoms with Crippen molar-refractivity contribution in [2.45, 2.75) is 45.8 Å². The number of hydrogen-bond acceptors (Lipinski definition) is 6. The van der Waals surface area contributed by atoms with Gasteiger partial charge in [-0.3, -0.25) is 14.3 Å². The highest BCUT2D eigenvalue weighted by atomic mass is 32.1. The molecule has 1 aromatic carbocycles. The second-order valence-electron chi connectivity index (χ2n) is 9.98. The third-order valence-electron chi connectivity index (χ3n) is 6.10. The number of ether oxygens (including phenoxy) is 2. The molecule has 1 amide bonds. The number of benzene rings is 1. The van der Waals surface area contributed by atoms with E-state index in [1.54, 1.807) is 39.1 Å². The van der Waals surface area contributed by atoms with Gasteiger partial charge in [0, 0.05) is 34.9 Å². The molecular weight excluding hydrogens is 493 g/mol. The van der Waals surface area contributed by atoms with Crippen molar-refractivity contribution in [3.05, 3.63) is 87.2 Å². The highest BCUT2D eigenvalue weighted by Gasteiger charge is 2.26. The molecule has 0 atom stereocenters. The van der Waals surface area contributed by atoms with Crippen molar-refractivity contribution in [1.29, 1.82) is 0 Å². The first-order chi connectivity index (χ1) is 17.7. The molecule has 3 aromatic heterocycles. The van der Waals surface area contributed by atoms with Crippen molar-refractivity contribution in [1.82, 2.24) is 14.5 Å². The fraction of sp³-hybridized carbons (Fsp3) is 0.321. The molecule has 0 bridgehead atoms. The van der Waals surface area contributed by atoms with Crippen LogP contribution in [-0.4, -0.2) is 39.2 Å². The molecule has 7 nitrogen and oxygen atoms in total. The SMILES string of the molecule is CC(C)(C)OC(=O)N1CCc2sc3cc(-n4ccc(OCc5ccc(F)cn5)cc4=O)ccc3c2CC1. The molecule has 0 N–H and O–H groups in total. The molecule has 0 saturated carbocycles. The van der Waals surface area contributed by atoms with E-state index < -0.39 is 11.4 Å². The zero-order valence-corrected chi connectivity index (χ0v) is 21.8. The molecule has 192 valence electrons. The van der Waals surface area contributed by atoms with Gasteiger partial charge in [0.25, 0.3) is 5.56 Å². The molecule has 0 aliphatic carbocycles. The first-order valence-corrected chi connectivity index (χ1v) is 13.0. The van der Waals surface area contributed by atoms with Crippen molar-refractivity contribution in [2.24, 2.45) is 0 Å². The van der Waals surface area contributed by atoms with Crippen LogP contribution in [0.1, 0.15) is 36.9 Å². The number of amides is 1. The van der Waals surface area contributed by atoms with Gasteiger partial charge in [0.05, 0.1) is 17.6 Å². The van der Waals surface area contributed by atoms with E-state index in [1.807, 2.05) is 32.9 Å². The lowest BCUT2D eigenvalue weighted by atomic mass is 10.1. The molecule has 5 rings (SSSR count). The molecule has 0 spiro atoms.